The molecular weight excluding hydrogens is 296 g/mol. The molecule has 3 nitrogen and oxygen atoms in total. The van der Waals surface area contributed by atoms with Gasteiger partial charge in [0.15, 0.2) is 0 Å². The minimum atomic E-state index is -0.602. The van der Waals surface area contributed by atoms with Gasteiger partial charge in [0.1, 0.15) is 0 Å². The van der Waals surface area contributed by atoms with Gasteiger partial charge < -0.3 is 15.7 Å². The highest BCUT2D eigenvalue weighted by molar-refractivity contribution is 6.30. The summed E-state index contributed by atoms with van der Waals surface area (Å²) in [5.74, 6) is 0.122. The highest BCUT2D eigenvalue weighted by Crippen LogP contribution is 2.41. The summed E-state index contributed by atoms with van der Waals surface area (Å²) in [6, 6.07) is 8.31. The van der Waals surface area contributed by atoms with Crippen LogP contribution in [0.5, 0.6) is 0 Å². The van der Waals surface area contributed by atoms with Crippen LogP contribution in [-0.4, -0.2) is 41.3 Å². The molecule has 4 heteroatoms. The third-order valence-electron chi connectivity index (χ3n) is 5.37. The third kappa shape index (κ3) is 3.65. The van der Waals surface area contributed by atoms with Crippen molar-refractivity contribution in [2.75, 3.05) is 19.6 Å². The molecule has 2 atom stereocenters. The van der Waals surface area contributed by atoms with Crippen LogP contribution in [0.3, 0.4) is 0 Å². The van der Waals surface area contributed by atoms with E-state index in [4.69, 9.17) is 17.3 Å². The number of aliphatic hydroxyl groups is 1. The largest absolute Gasteiger partial charge is 0.389 e. The van der Waals surface area contributed by atoms with E-state index in [0.717, 1.165) is 62.3 Å². The predicted molar refractivity (Wildman–Crippen MR) is 91.3 cm³/mol. The lowest BCUT2D eigenvalue weighted by atomic mass is 9.72. The van der Waals surface area contributed by atoms with Crippen molar-refractivity contribution in [3.05, 3.63) is 34.9 Å². The summed E-state index contributed by atoms with van der Waals surface area (Å²) in [4.78, 5) is 2.41. The Balaban J connectivity index is 1.84. The smallest absolute Gasteiger partial charge is 0.0728 e. The zero-order valence-corrected chi connectivity index (χ0v) is 13.9. The Morgan fingerprint density at radius 1 is 1.32 bits per heavy atom. The molecule has 122 valence electrons. The van der Waals surface area contributed by atoms with Crippen molar-refractivity contribution >= 4 is 11.6 Å². The van der Waals surface area contributed by atoms with E-state index in [9.17, 15) is 5.11 Å². The fraction of sp³-hybridized carbons (Fsp3) is 0.667. The number of hydrogen-bond acceptors (Lipinski definition) is 3. The van der Waals surface area contributed by atoms with Crippen LogP contribution in [0.4, 0.5) is 0 Å². The monoisotopic (exact) mass is 322 g/mol. The van der Waals surface area contributed by atoms with E-state index in [1.807, 2.05) is 18.2 Å². The molecule has 1 heterocycles. The Hall–Kier alpha value is -0.610. The third-order valence-corrected chi connectivity index (χ3v) is 5.60. The molecule has 1 aromatic rings. The first kappa shape index (κ1) is 16.3. The quantitative estimate of drug-likeness (QED) is 0.895. The maximum Gasteiger partial charge on any atom is 0.0728 e. The molecule has 1 aliphatic heterocycles. The van der Waals surface area contributed by atoms with E-state index >= 15 is 0 Å². The normalized spacial score (nSPS) is 27.0. The average molecular weight is 323 g/mol. The van der Waals surface area contributed by atoms with E-state index in [1.165, 1.54) is 6.42 Å². The molecule has 1 aliphatic carbocycles. The molecule has 0 bridgehead atoms. The Bertz CT molecular complexity index is 502. The first-order valence-corrected chi connectivity index (χ1v) is 8.90. The molecule has 2 fully saturated rings. The molecule has 1 saturated carbocycles. The van der Waals surface area contributed by atoms with Gasteiger partial charge in [-0.2, -0.15) is 0 Å². The highest BCUT2D eigenvalue weighted by Gasteiger charge is 2.40. The zero-order valence-electron chi connectivity index (χ0n) is 13.2. The minimum absolute atomic E-state index is 0.122. The fourth-order valence-corrected chi connectivity index (χ4v) is 4.31. The van der Waals surface area contributed by atoms with Gasteiger partial charge in [0.2, 0.25) is 0 Å². The summed E-state index contributed by atoms with van der Waals surface area (Å²) in [5.41, 5.74) is 6.61. The van der Waals surface area contributed by atoms with Crippen molar-refractivity contribution in [3.8, 4) is 0 Å². The van der Waals surface area contributed by atoms with Gasteiger partial charge in [0, 0.05) is 30.1 Å². The second-order valence-electron chi connectivity index (χ2n) is 7.08. The van der Waals surface area contributed by atoms with Gasteiger partial charge in [-0.05, 0) is 43.5 Å². The summed E-state index contributed by atoms with van der Waals surface area (Å²) in [6.45, 7) is 2.85. The predicted octanol–water partition coefficient (Wildman–Crippen LogP) is 3.15. The minimum Gasteiger partial charge on any atom is -0.389 e. The average Bonchev–Trinajstić information content (AvgIpc) is 2.91. The van der Waals surface area contributed by atoms with Gasteiger partial charge >= 0.3 is 0 Å². The summed E-state index contributed by atoms with van der Waals surface area (Å²) in [6.07, 6.45) is 6.31. The molecule has 0 spiro atoms. The molecule has 0 radical (unpaired) electrons. The molecule has 1 saturated heterocycles. The zero-order chi connectivity index (χ0) is 15.6. The Labute approximate surface area is 138 Å². The Morgan fingerprint density at radius 3 is 2.73 bits per heavy atom. The van der Waals surface area contributed by atoms with Crippen molar-refractivity contribution in [2.24, 2.45) is 5.73 Å². The second-order valence-corrected chi connectivity index (χ2v) is 7.52. The lowest BCUT2D eigenvalue weighted by Crippen LogP contribution is -2.44. The van der Waals surface area contributed by atoms with E-state index < -0.39 is 5.60 Å². The Morgan fingerprint density at radius 2 is 2.09 bits per heavy atom. The molecule has 0 amide bonds. The number of nitrogens with zero attached hydrogens (tertiary/aromatic N) is 1. The van der Waals surface area contributed by atoms with E-state index in [2.05, 4.69) is 11.0 Å². The maximum absolute atomic E-state index is 11.3. The van der Waals surface area contributed by atoms with Gasteiger partial charge in [-0.3, -0.25) is 0 Å². The van der Waals surface area contributed by atoms with E-state index in [1.54, 1.807) is 0 Å². The van der Waals surface area contributed by atoms with E-state index in [-0.39, 0.29) is 12.0 Å². The highest BCUT2D eigenvalue weighted by atomic mass is 35.5. The van der Waals surface area contributed by atoms with Crippen LogP contribution >= 0.6 is 11.6 Å². The van der Waals surface area contributed by atoms with Gasteiger partial charge in [-0.1, -0.05) is 43.0 Å². The van der Waals surface area contributed by atoms with Crippen LogP contribution in [0, 0.1) is 0 Å². The van der Waals surface area contributed by atoms with Gasteiger partial charge in [0.25, 0.3) is 0 Å². The number of halogens is 1. The van der Waals surface area contributed by atoms with Crippen LogP contribution < -0.4 is 5.73 Å². The lowest BCUT2D eigenvalue weighted by molar-refractivity contribution is -0.0294. The molecule has 2 aliphatic rings. The molecule has 1 aromatic carbocycles. The lowest BCUT2D eigenvalue weighted by Gasteiger charge is -2.41. The van der Waals surface area contributed by atoms with Gasteiger partial charge in [-0.15, -0.1) is 0 Å². The maximum atomic E-state index is 11.3. The van der Waals surface area contributed by atoms with Crippen LogP contribution in [-0.2, 0) is 0 Å². The molecule has 1 unspecified atom stereocenters. The standard InChI is InChI=1S/C18H27ClN2O/c19-15-6-4-5-14(11-15)17(13-21-10-7-16(20)12-21)18(22)8-2-1-3-9-18/h4-6,11,16-17,22H,1-3,7-10,12-13,20H2/t16?,17-/m1/s1. The molecule has 3 rings (SSSR count). The summed E-state index contributed by atoms with van der Waals surface area (Å²) < 4.78 is 0. The number of hydrogen-bond donors (Lipinski definition) is 2. The summed E-state index contributed by atoms with van der Waals surface area (Å²) in [5, 5.41) is 12.1. The number of benzene rings is 1. The van der Waals surface area contributed by atoms with Crippen LogP contribution in [0.25, 0.3) is 0 Å². The van der Waals surface area contributed by atoms with Gasteiger partial charge in [-0.25, -0.2) is 0 Å². The number of rotatable bonds is 4. The topological polar surface area (TPSA) is 49.5 Å². The number of nitrogens with two attached hydrogens (primary N) is 1. The molecule has 3 N–H and O–H groups in total. The molecular formula is C18H27ClN2O. The summed E-state index contributed by atoms with van der Waals surface area (Å²) in [7, 11) is 0. The van der Waals surface area contributed by atoms with Crippen molar-refractivity contribution in [3.63, 3.8) is 0 Å². The van der Waals surface area contributed by atoms with Crippen molar-refractivity contribution < 1.29 is 5.11 Å². The van der Waals surface area contributed by atoms with Crippen molar-refractivity contribution in [1.29, 1.82) is 0 Å². The van der Waals surface area contributed by atoms with Crippen molar-refractivity contribution in [2.45, 2.75) is 56.1 Å². The Kier molecular flexibility index (Phi) is 5.08. The fourth-order valence-electron chi connectivity index (χ4n) is 4.11. The first-order valence-electron chi connectivity index (χ1n) is 8.53. The number of likely N-dealkylation sites (tertiary alicyclic amines) is 1. The van der Waals surface area contributed by atoms with E-state index in [0.29, 0.717) is 0 Å². The van der Waals surface area contributed by atoms with Crippen LogP contribution in [0.15, 0.2) is 24.3 Å². The first-order chi connectivity index (χ1) is 10.6. The molecule has 0 aromatic heterocycles. The summed E-state index contributed by atoms with van der Waals surface area (Å²) >= 11 is 6.20. The van der Waals surface area contributed by atoms with Crippen molar-refractivity contribution in [1.82, 2.24) is 4.90 Å². The van der Waals surface area contributed by atoms with Crippen LogP contribution in [0.1, 0.15) is 50.0 Å². The molecule has 22 heavy (non-hydrogen) atoms. The second kappa shape index (κ2) is 6.88. The van der Waals surface area contributed by atoms with Gasteiger partial charge in [0.05, 0.1) is 5.60 Å². The van der Waals surface area contributed by atoms with Crippen LogP contribution in [0.2, 0.25) is 5.02 Å². The SMILES string of the molecule is NC1CCN(C[C@H](c2cccc(Cl)c2)C2(O)CCCCC2)C1.